The normalized spacial score (nSPS) is 15.2. The SMILES string of the molecule is CC(Nc1cccc(Cl)c1)c1nnc(SCC(=O)NN=C2CCCCC2)n1C. The van der Waals surface area contributed by atoms with Gasteiger partial charge in [0.2, 0.25) is 0 Å². The van der Waals surface area contributed by atoms with Crippen LogP contribution >= 0.6 is 23.4 Å². The summed E-state index contributed by atoms with van der Waals surface area (Å²) >= 11 is 7.38. The minimum absolute atomic E-state index is 0.0585. The molecule has 1 aromatic carbocycles. The lowest BCUT2D eigenvalue weighted by atomic mass is 9.99. The van der Waals surface area contributed by atoms with E-state index >= 15 is 0 Å². The Bertz CT molecular complexity index is 845. The number of amides is 1. The Hall–Kier alpha value is -2.06. The second-order valence-electron chi connectivity index (χ2n) is 6.84. The van der Waals surface area contributed by atoms with Crippen LogP contribution in [0.15, 0.2) is 34.5 Å². The monoisotopic (exact) mass is 420 g/mol. The van der Waals surface area contributed by atoms with Crippen molar-refractivity contribution in [1.82, 2.24) is 20.2 Å². The number of halogens is 1. The third-order valence-electron chi connectivity index (χ3n) is 4.57. The molecule has 0 aliphatic heterocycles. The van der Waals surface area contributed by atoms with E-state index in [0.717, 1.165) is 42.9 Å². The smallest absolute Gasteiger partial charge is 0.250 e. The summed E-state index contributed by atoms with van der Waals surface area (Å²) in [7, 11) is 1.90. The maximum atomic E-state index is 12.1. The lowest BCUT2D eigenvalue weighted by Crippen LogP contribution is -2.22. The Morgan fingerprint density at radius 1 is 1.32 bits per heavy atom. The minimum Gasteiger partial charge on any atom is -0.375 e. The van der Waals surface area contributed by atoms with Crippen LogP contribution in [0, 0.1) is 0 Å². The summed E-state index contributed by atoms with van der Waals surface area (Å²) in [5, 5.41) is 17.5. The molecule has 1 amide bonds. The standard InChI is InChI=1S/C19H25ClN6OS/c1-13(21-16-10-6-7-14(20)11-16)18-24-25-19(26(18)2)28-12-17(27)23-22-15-8-4-3-5-9-15/h6-7,10-11,13,21H,3-5,8-9,12H2,1-2H3,(H,23,27). The van der Waals surface area contributed by atoms with Gasteiger partial charge in [0.05, 0.1) is 11.8 Å². The Balaban J connectivity index is 1.53. The van der Waals surface area contributed by atoms with Crippen LogP contribution in [0.5, 0.6) is 0 Å². The number of nitrogens with one attached hydrogen (secondary N) is 2. The molecule has 0 bridgehead atoms. The van der Waals surface area contributed by atoms with E-state index in [0.29, 0.717) is 10.2 Å². The van der Waals surface area contributed by atoms with Crippen LogP contribution in [-0.4, -0.2) is 32.1 Å². The molecule has 9 heteroatoms. The zero-order valence-corrected chi connectivity index (χ0v) is 17.7. The van der Waals surface area contributed by atoms with Crippen LogP contribution in [0.4, 0.5) is 5.69 Å². The summed E-state index contributed by atoms with van der Waals surface area (Å²) in [5.41, 5.74) is 4.66. The van der Waals surface area contributed by atoms with Gasteiger partial charge in [-0.15, -0.1) is 10.2 Å². The third-order valence-corrected chi connectivity index (χ3v) is 5.82. The number of anilines is 1. The Kier molecular flexibility index (Phi) is 7.33. The second-order valence-corrected chi connectivity index (χ2v) is 8.22. The zero-order valence-electron chi connectivity index (χ0n) is 16.1. The van der Waals surface area contributed by atoms with Gasteiger partial charge in [0.25, 0.3) is 5.91 Å². The van der Waals surface area contributed by atoms with Gasteiger partial charge in [-0.2, -0.15) is 5.10 Å². The molecular weight excluding hydrogens is 396 g/mol. The highest BCUT2D eigenvalue weighted by Crippen LogP contribution is 2.23. The van der Waals surface area contributed by atoms with Gasteiger partial charge in [-0.3, -0.25) is 4.79 Å². The fraction of sp³-hybridized carbons (Fsp3) is 0.474. The second kappa shape index (κ2) is 9.93. The van der Waals surface area contributed by atoms with Crippen molar-refractivity contribution in [2.45, 2.75) is 50.2 Å². The maximum Gasteiger partial charge on any atom is 0.250 e. The van der Waals surface area contributed by atoms with Gasteiger partial charge in [0, 0.05) is 23.5 Å². The summed E-state index contributed by atoms with van der Waals surface area (Å²) in [4.78, 5) is 12.1. The Labute approximate surface area is 174 Å². The lowest BCUT2D eigenvalue weighted by Gasteiger charge is -2.15. The first-order valence-corrected chi connectivity index (χ1v) is 10.8. The number of hydrogen-bond donors (Lipinski definition) is 2. The van der Waals surface area contributed by atoms with Gasteiger partial charge >= 0.3 is 0 Å². The van der Waals surface area contributed by atoms with Crippen LogP contribution in [0.1, 0.15) is 50.9 Å². The molecule has 0 spiro atoms. The molecule has 1 aromatic heterocycles. The fourth-order valence-corrected chi connectivity index (χ4v) is 4.00. The zero-order chi connectivity index (χ0) is 19.9. The molecule has 2 aromatic rings. The number of hydrazone groups is 1. The van der Waals surface area contributed by atoms with Gasteiger partial charge in [-0.25, -0.2) is 5.43 Å². The van der Waals surface area contributed by atoms with Gasteiger partial charge in [-0.05, 0) is 50.8 Å². The van der Waals surface area contributed by atoms with Crippen molar-refractivity contribution in [1.29, 1.82) is 0 Å². The predicted octanol–water partition coefficient (Wildman–Crippen LogP) is 4.17. The molecule has 1 atom stereocenters. The molecule has 2 N–H and O–H groups in total. The summed E-state index contributed by atoms with van der Waals surface area (Å²) in [6.07, 6.45) is 5.54. The van der Waals surface area contributed by atoms with E-state index in [1.807, 2.05) is 42.8 Å². The van der Waals surface area contributed by atoms with Crippen LogP contribution < -0.4 is 10.7 Å². The Morgan fingerprint density at radius 3 is 2.86 bits per heavy atom. The number of rotatable bonds is 7. The first kappa shape index (κ1) is 20.7. The molecule has 7 nitrogen and oxygen atoms in total. The van der Waals surface area contributed by atoms with Crippen molar-refractivity contribution >= 4 is 40.7 Å². The highest BCUT2D eigenvalue weighted by molar-refractivity contribution is 7.99. The Morgan fingerprint density at radius 2 is 2.11 bits per heavy atom. The summed E-state index contributed by atoms with van der Waals surface area (Å²) in [5.74, 6) is 0.904. The van der Waals surface area contributed by atoms with E-state index < -0.39 is 0 Å². The highest BCUT2D eigenvalue weighted by atomic mass is 35.5. The van der Waals surface area contributed by atoms with E-state index in [1.165, 1.54) is 18.2 Å². The molecule has 1 saturated carbocycles. The van der Waals surface area contributed by atoms with Gasteiger partial charge in [-0.1, -0.05) is 35.9 Å². The van der Waals surface area contributed by atoms with E-state index in [2.05, 4.69) is 26.0 Å². The van der Waals surface area contributed by atoms with E-state index in [9.17, 15) is 4.79 Å². The van der Waals surface area contributed by atoms with Crippen molar-refractivity contribution in [3.63, 3.8) is 0 Å². The molecule has 28 heavy (non-hydrogen) atoms. The van der Waals surface area contributed by atoms with Crippen LogP contribution in [0.3, 0.4) is 0 Å². The van der Waals surface area contributed by atoms with E-state index in [4.69, 9.17) is 11.6 Å². The molecule has 1 aliphatic rings. The first-order valence-electron chi connectivity index (χ1n) is 9.41. The van der Waals surface area contributed by atoms with Crippen LogP contribution in [-0.2, 0) is 11.8 Å². The van der Waals surface area contributed by atoms with Crippen molar-refractivity contribution in [2.24, 2.45) is 12.1 Å². The van der Waals surface area contributed by atoms with Crippen molar-refractivity contribution in [2.75, 3.05) is 11.1 Å². The average molecular weight is 421 g/mol. The lowest BCUT2D eigenvalue weighted by molar-refractivity contribution is -0.118. The highest BCUT2D eigenvalue weighted by Gasteiger charge is 2.17. The number of carbonyl (C=O) groups is 1. The number of benzene rings is 1. The minimum atomic E-state index is -0.127. The van der Waals surface area contributed by atoms with Gasteiger partial charge in [0.1, 0.15) is 0 Å². The predicted molar refractivity (Wildman–Crippen MR) is 114 cm³/mol. The van der Waals surface area contributed by atoms with Gasteiger partial charge in [0.15, 0.2) is 11.0 Å². The summed E-state index contributed by atoms with van der Waals surface area (Å²) in [6.45, 7) is 2.01. The summed E-state index contributed by atoms with van der Waals surface area (Å²) < 4.78 is 1.90. The van der Waals surface area contributed by atoms with E-state index in [1.54, 1.807) is 0 Å². The van der Waals surface area contributed by atoms with E-state index in [-0.39, 0.29) is 17.7 Å². The van der Waals surface area contributed by atoms with Gasteiger partial charge < -0.3 is 9.88 Å². The topological polar surface area (TPSA) is 84.2 Å². The maximum absolute atomic E-state index is 12.1. The quantitative estimate of drug-likeness (QED) is 0.518. The van der Waals surface area contributed by atoms with Crippen molar-refractivity contribution in [3.8, 4) is 0 Å². The summed E-state index contributed by atoms with van der Waals surface area (Å²) in [6, 6.07) is 7.48. The van der Waals surface area contributed by atoms with Crippen molar-refractivity contribution < 1.29 is 4.79 Å². The number of aromatic nitrogens is 3. The van der Waals surface area contributed by atoms with Crippen LogP contribution in [0.2, 0.25) is 5.02 Å². The van der Waals surface area contributed by atoms with Crippen LogP contribution in [0.25, 0.3) is 0 Å². The number of carbonyl (C=O) groups excluding carboxylic acids is 1. The number of nitrogens with zero attached hydrogens (tertiary/aromatic N) is 4. The largest absolute Gasteiger partial charge is 0.375 e. The molecule has 1 aliphatic carbocycles. The molecule has 1 fully saturated rings. The molecule has 1 heterocycles. The average Bonchev–Trinajstić information content (AvgIpc) is 3.06. The third kappa shape index (κ3) is 5.72. The molecular formula is C19H25ClN6OS. The molecule has 0 saturated heterocycles. The number of hydrogen-bond acceptors (Lipinski definition) is 6. The van der Waals surface area contributed by atoms with Crippen molar-refractivity contribution in [3.05, 3.63) is 35.1 Å². The molecule has 1 unspecified atom stereocenters. The first-order chi connectivity index (χ1) is 13.5. The fourth-order valence-electron chi connectivity index (χ4n) is 3.10. The molecule has 0 radical (unpaired) electrons. The number of thioether (sulfide) groups is 1. The molecule has 3 rings (SSSR count). The molecule has 150 valence electrons.